The van der Waals surface area contributed by atoms with Crippen molar-refractivity contribution in [2.75, 3.05) is 14.2 Å². The first-order valence-corrected chi connectivity index (χ1v) is 6.84. The summed E-state index contributed by atoms with van der Waals surface area (Å²) < 4.78 is 5.33. The summed E-state index contributed by atoms with van der Waals surface area (Å²) in [7, 11) is 3.42. The normalized spacial score (nSPS) is 16.9. The topological polar surface area (TPSA) is 53.3 Å². The molecule has 20 heavy (non-hydrogen) atoms. The minimum atomic E-state index is -0.746. The fourth-order valence-electron chi connectivity index (χ4n) is 2.36. The molecular formula is C16H20N2O2. The lowest BCUT2D eigenvalue weighted by Crippen LogP contribution is -2.40. The van der Waals surface area contributed by atoms with E-state index in [-0.39, 0.29) is 11.9 Å². The number of para-hydroxylation sites is 1. The molecule has 4 heteroatoms. The zero-order chi connectivity index (χ0) is 14.8. The van der Waals surface area contributed by atoms with Crippen LogP contribution < -0.4 is 4.74 Å². The molecule has 1 aromatic carbocycles. The van der Waals surface area contributed by atoms with Crippen LogP contribution in [0.5, 0.6) is 5.75 Å². The van der Waals surface area contributed by atoms with Gasteiger partial charge in [-0.25, -0.2) is 0 Å². The van der Waals surface area contributed by atoms with Gasteiger partial charge in [0, 0.05) is 13.1 Å². The van der Waals surface area contributed by atoms with Gasteiger partial charge in [-0.3, -0.25) is 4.79 Å². The molecule has 0 heterocycles. The second kappa shape index (κ2) is 5.54. The van der Waals surface area contributed by atoms with Crippen LogP contribution in [0.4, 0.5) is 0 Å². The molecule has 1 aromatic rings. The van der Waals surface area contributed by atoms with Crippen molar-refractivity contribution < 1.29 is 9.53 Å². The lowest BCUT2D eigenvalue weighted by Gasteiger charge is -2.27. The van der Waals surface area contributed by atoms with Crippen molar-refractivity contribution in [1.82, 2.24) is 4.90 Å². The maximum Gasteiger partial charge on any atom is 0.243 e. The maximum atomic E-state index is 12.3. The highest BCUT2D eigenvalue weighted by Gasteiger charge is 2.52. The third-order valence-corrected chi connectivity index (χ3v) is 4.06. The summed E-state index contributed by atoms with van der Waals surface area (Å²) >= 11 is 0. The van der Waals surface area contributed by atoms with E-state index in [9.17, 15) is 4.79 Å². The van der Waals surface area contributed by atoms with Crippen LogP contribution in [0.25, 0.3) is 0 Å². The Balaban J connectivity index is 2.06. The Kier molecular flexibility index (Phi) is 3.99. The van der Waals surface area contributed by atoms with Crippen LogP contribution >= 0.6 is 0 Å². The Hall–Kier alpha value is -2.02. The van der Waals surface area contributed by atoms with Crippen LogP contribution in [0, 0.1) is 16.7 Å². The van der Waals surface area contributed by atoms with E-state index in [4.69, 9.17) is 10.00 Å². The fourth-order valence-corrected chi connectivity index (χ4v) is 2.36. The standard InChI is InChI=1S/C16H20N2O2/c1-12(10-13-6-4-5-7-14(13)20-3)18(2)15(19)16(11-17)8-9-16/h4-7,12H,8-10H2,1-3H3. The number of hydrogen-bond acceptors (Lipinski definition) is 3. The number of nitriles is 1. The van der Waals surface area contributed by atoms with Gasteiger partial charge in [-0.1, -0.05) is 18.2 Å². The number of hydrogen-bond donors (Lipinski definition) is 0. The van der Waals surface area contributed by atoms with Crippen LogP contribution in [-0.2, 0) is 11.2 Å². The van der Waals surface area contributed by atoms with Gasteiger partial charge in [-0.15, -0.1) is 0 Å². The van der Waals surface area contributed by atoms with Crippen molar-refractivity contribution in [3.63, 3.8) is 0 Å². The van der Waals surface area contributed by atoms with Crippen LogP contribution in [0.15, 0.2) is 24.3 Å². The highest BCUT2D eigenvalue weighted by atomic mass is 16.5. The van der Waals surface area contributed by atoms with Gasteiger partial charge in [0.25, 0.3) is 0 Å². The van der Waals surface area contributed by atoms with E-state index < -0.39 is 5.41 Å². The van der Waals surface area contributed by atoms with E-state index in [0.29, 0.717) is 19.3 Å². The summed E-state index contributed by atoms with van der Waals surface area (Å²) in [5.74, 6) is 0.781. The zero-order valence-corrected chi connectivity index (χ0v) is 12.2. The Morgan fingerprint density at radius 1 is 1.50 bits per heavy atom. The molecule has 1 unspecified atom stereocenters. The van der Waals surface area contributed by atoms with Gasteiger partial charge in [0.15, 0.2) is 0 Å². The molecule has 0 N–H and O–H groups in total. The van der Waals surface area contributed by atoms with Gasteiger partial charge in [0.05, 0.1) is 13.2 Å². The Morgan fingerprint density at radius 3 is 2.70 bits per heavy atom. The summed E-state index contributed by atoms with van der Waals surface area (Å²) in [6.07, 6.45) is 2.09. The number of likely N-dealkylation sites (N-methyl/N-ethyl adjacent to an activating group) is 1. The number of amides is 1. The van der Waals surface area contributed by atoms with Crippen molar-refractivity contribution in [1.29, 1.82) is 5.26 Å². The van der Waals surface area contributed by atoms with Crippen molar-refractivity contribution in [2.24, 2.45) is 5.41 Å². The Morgan fingerprint density at radius 2 is 2.15 bits per heavy atom. The highest BCUT2D eigenvalue weighted by Crippen LogP contribution is 2.46. The van der Waals surface area contributed by atoms with Crippen LogP contribution in [0.1, 0.15) is 25.3 Å². The van der Waals surface area contributed by atoms with Gasteiger partial charge >= 0.3 is 0 Å². The van der Waals surface area contributed by atoms with Crippen molar-refractivity contribution in [3.05, 3.63) is 29.8 Å². The van der Waals surface area contributed by atoms with Gasteiger partial charge in [0.2, 0.25) is 5.91 Å². The molecule has 0 saturated heterocycles. The van der Waals surface area contributed by atoms with Crippen LogP contribution in [0.3, 0.4) is 0 Å². The monoisotopic (exact) mass is 272 g/mol. The molecule has 0 aliphatic heterocycles. The zero-order valence-electron chi connectivity index (χ0n) is 12.2. The summed E-state index contributed by atoms with van der Waals surface area (Å²) in [5, 5.41) is 9.11. The summed E-state index contributed by atoms with van der Waals surface area (Å²) in [4.78, 5) is 14.0. The number of carbonyl (C=O) groups is 1. The second-order valence-corrected chi connectivity index (χ2v) is 5.47. The molecule has 1 atom stereocenters. The average molecular weight is 272 g/mol. The molecule has 1 saturated carbocycles. The predicted molar refractivity (Wildman–Crippen MR) is 76.2 cm³/mol. The number of nitrogens with zero attached hydrogens (tertiary/aromatic N) is 2. The van der Waals surface area contributed by atoms with Crippen molar-refractivity contribution in [3.8, 4) is 11.8 Å². The molecule has 1 fully saturated rings. The summed E-state index contributed by atoms with van der Waals surface area (Å²) in [5.41, 5.74) is 0.327. The molecule has 1 amide bonds. The molecular weight excluding hydrogens is 252 g/mol. The van der Waals surface area contributed by atoms with E-state index in [2.05, 4.69) is 6.07 Å². The molecule has 0 spiro atoms. The Labute approximate surface area is 120 Å². The third-order valence-electron chi connectivity index (χ3n) is 4.06. The fraction of sp³-hybridized carbons (Fsp3) is 0.500. The van der Waals surface area contributed by atoms with E-state index in [1.54, 1.807) is 19.1 Å². The number of benzene rings is 1. The number of ether oxygens (including phenoxy) is 1. The van der Waals surface area contributed by atoms with Crippen LogP contribution in [-0.4, -0.2) is 31.0 Å². The van der Waals surface area contributed by atoms with E-state index in [1.807, 2.05) is 31.2 Å². The van der Waals surface area contributed by atoms with Crippen molar-refractivity contribution in [2.45, 2.75) is 32.2 Å². The summed E-state index contributed by atoms with van der Waals surface area (Å²) in [6.45, 7) is 2.00. The van der Waals surface area contributed by atoms with Gasteiger partial charge in [0.1, 0.15) is 11.2 Å². The lowest BCUT2D eigenvalue weighted by molar-refractivity contribution is -0.135. The quantitative estimate of drug-likeness (QED) is 0.827. The number of rotatable bonds is 5. The SMILES string of the molecule is COc1ccccc1CC(C)N(C)C(=O)C1(C#N)CC1. The van der Waals surface area contributed by atoms with E-state index in [1.165, 1.54) is 0 Å². The molecule has 1 aliphatic rings. The van der Waals surface area contributed by atoms with Gasteiger partial charge in [-0.05, 0) is 37.8 Å². The minimum absolute atomic E-state index is 0.0321. The molecule has 1 aliphatic carbocycles. The smallest absolute Gasteiger partial charge is 0.243 e. The molecule has 4 nitrogen and oxygen atoms in total. The maximum absolute atomic E-state index is 12.3. The first kappa shape index (κ1) is 14.4. The van der Waals surface area contributed by atoms with E-state index in [0.717, 1.165) is 11.3 Å². The first-order valence-electron chi connectivity index (χ1n) is 6.84. The highest BCUT2D eigenvalue weighted by molar-refractivity contribution is 5.88. The molecule has 0 radical (unpaired) electrons. The van der Waals surface area contributed by atoms with Gasteiger partial charge in [-0.2, -0.15) is 5.26 Å². The number of carbonyl (C=O) groups excluding carboxylic acids is 1. The number of methoxy groups -OCH3 is 1. The Bertz CT molecular complexity index is 544. The van der Waals surface area contributed by atoms with Gasteiger partial charge < -0.3 is 9.64 Å². The summed E-state index contributed by atoms with van der Waals surface area (Å²) in [6, 6.07) is 10.0. The van der Waals surface area contributed by atoms with E-state index >= 15 is 0 Å². The molecule has 106 valence electrons. The predicted octanol–water partition coefficient (Wildman–Crippen LogP) is 2.39. The minimum Gasteiger partial charge on any atom is -0.496 e. The average Bonchev–Trinajstić information content (AvgIpc) is 3.27. The van der Waals surface area contributed by atoms with Crippen LogP contribution in [0.2, 0.25) is 0 Å². The largest absolute Gasteiger partial charge is 0.496 e. The third kappa shape index (κ3) is 2.62. The first-order chi connectivity index (χ1) is 9.54. The lowest BCUT2D eigenvalue weighted by atomic mass is 10.0. The molecule has 2 rings (SSSR count). The second-order valence-electron chi connectivity index (χ2n) is 5.47. The van der Waals surface area contributed by atoms with Crippen molar-refractivity contribution >= 4 is 5.91 Å². The molecule has 0 bridgehead atoms. The molecule has 0 aromatic heterocycles.